The third-order valence-electron chi connectivity index (χ3n) is 5.79. The Labute approximate surface area is 163 Å². The van der Waals surface area contributed by atoms with Gasteiger partial charge in [0, 0.05) is 48.3 Å². The van der Waals surface area contributed by atoms with Crippen molar-refractivity contribution in [3.05, 3.63) is 47.3 Å². The van der Waals surface area contributed by atoms with Crippen molar-refractivity contribution < 1.29 is 14.3 Å². The van der Waals surface area contributed by atoms with Crippen LogP contribution in [0, 0.1) is 17.2 Å². The summed E-state index contributed by atoms with van der Waals surface area (Å²) < 4.78 is 5.19. The Morgan fingerprint density at radius 3 is 2.86 bits per heavy atom. The molecule has 6 heteroatoms. The molecule has 0 fully saturated rings. The number of ether oxygens (including phenoxy) is 1. The number of H-pyrrole nitrogens is 1. The van der Waals surface area contributed by atoms with E-state index in [1.807, 2.05) is 18.3 Å². The number of ketones is 1. The van der Waals surface area contributed by atoms with Crippen LogP contribution in [0.3, 0.4) is 0 Å². The van der Waals surface area contributed by atoms with Crippen molar-refractivity contribution in [2.45, 2.75) is 45.3 Å². The Balaban J connectivity index is 1.75. The standard InChI is InChI=1S/C22H23N3O3/c1-13(26)16-9-15(10-17(11-23)28-14(2)27)22-21-19(7-8-25(22)12-16)18-5-3-4-6-20(18)24-21/h3-6,12,15,17,22,24H,7-10H2,1-2H3/t15-,17?,22-/m1/s1. The number of Topliss-reactive ketones (excluding diaryl/α,β-unsaturated/α-hetero) is 1. The van der Waals surface area contributed by atoms with Crippen LogP contribution >= 0.6 is 0 Å². The summed E-state index contributed by atoms with van der Waals surface area (Å²) >= 11 is 0. The SMILES string of the molecule is CC(=O)OC(C#N)C[C@H]1CC(C(C)=O)=CN2CCc3c([nH]c4ccccc34)[C@@H]12. The molecule has 4 rings (SSSR count). The number of rotatable bonds is 4. The minimum Gasteiger partial charge on any atom is -0.447 e. The molecule has 0 saturated heterocycles. The predicted molar refractivity (Wildman–Crippen MR) is 104 cm³/mol. The highest BCUT2D eigenvalue weighted by atomic mass is 16.5. The van der Waals surface area contributed by atoms with Gasteiger partial charge in [0.1, 0.15) is 6.07 Å². The zero-order valence-electron chi connectivity index (χ0n) is 16.1. The van der Waals surface area contributed by atoms with Crippen molar-refractivity contribution in [1.82, 2.24) is 9.88 Å². The number of hydrogen-bond donors (Lipinski definition) is 1. The topological polar surface area (TPSA) is 86.2 Å². The van der Waals surface area contributed by atoms with Gasteiger partial charge < -0.3 is 14.6 Å². The van der Waals surface area contributed by atoms with E-state index in [0.29, 0.717) is 12.8 Å². The molecule has 0 spiro atoms. The molecule has 0 aliphatic carbocycles. The highest BCUT2D eigenvalue weighted by Gasteiger charge is 2.40. The molecule has 2 aromatic rings. The molecule has 2 aliphatic heterocycles. The number of nitrogens with zero attached hydrogens (tertiary/aromatic N) is 2. The average Bonchev–Trinajstić information content (AvgIpc) is 3.05. The first-order valence-corrected chi connectivity index (χ1v) is 9.61. The third kappa shape index (κ3) is 3.18. The van der Waals surface area contributed by atoms with Gasteiger partial charge in [0.05, 0.1) is 6.04 Å². The van der Waals surface area contributed by atoms with E-state index in [1.54, 1.807) is 6.92 Å². The number of nitrogens with one attached hydrogen (secondary N) is 1. The van der Waals surface area contributed by atoms with Crippen LogP contribution in [-0.4, -0.2) is 34.3 Å². The number of allylic oxidation sites excluding steroid dienone is 1. The van der Waals surface area contributed by atoms with Crippen LogP contribution in [0.25, 0.3) is 10.9 Å². The van der Waals surface area contributed by atoms with Crippen LogP contribution in [0.5, 0.6) is 0 Å². The molecular weight excluding hydrogens is 354 g/mol. The fourth-order valence-corrected chi connectivity index (χ4v) is 4.64. The van der Waals surface area contributed by atoms with E-state index in [4.69, 9.17) is 4.74 Å². The van der Waals surface area contributed by atoms with Gasteiger partial charge >= 0.3 is 5.97 Å². The quantitative estimate of drug-likeness (QED) is 0.825. The molecule has 0 radical (unpaired) electrons. The van der Waals surface area contributed by atoms with Gasteiger partial charge in [0.25, 0.3) is 0 Å². The summed E-state index contributed by atoms with van der Waals surface area (Å²) in [5.74, 6) is -0.414. The van der Waals surface area contributed by atoms with E-state index >= 15 is 0 Å². The molecule has 1 unspecified atom stereocenters. The van der Waals surface area contributed by atoms with Crippen molar-refractivity contribution in [2.24, 2.45) is 5.92 Å². The highest BCUT2D eigenvalue weighted by molar-refractivity contribution is 5.93. The summed E-state index contributed by atoms with van der Waals surface area (Å²) in [6.45, 7) is 3.71. The number of para-hydroxylation sites is 1. The Bertz CT molecular complexity index is 1010. The Hall–Kier alpha value is -3.07. The summed E-state index contributed by atoms with van der Waals surface area (Å²) in [6.07, 6.45) is 3.04. The van der Waals surface area contributed by atoms with Gasteiger partial charge in [-0.2, -0.15) is 5.26 Å². The third-order valence-corrected chi connectivity index (χ3v) is 5.79. The molecule has 1 N–H and O–H groups in total. The number of carbonyl (C=O) groups excluding carboxylic acids is 2. The maximum absolute atomic E-state index is 12.1. The van der Waals surface area contributed by atoms with Gasteiger partial charge in [0.15, 0.2) is 11.9 Å². The number of nitriles is 1. The van der Waals surface area contributed by atoms with E-state index in [0.717, 1.165) is 29.7 Å². The number of carbonyl (C=O) groups is 2. The lowest BCUT2D eigenvalue weighted by Gasteiger charge is -2.44. The molecule has 1 aromatic heterocycles. The minimum absolute atomic E-state index is 0.0000113. The molecule has 6 nitrogen and oxygen atoms in total. The largest absolute Gasteiger partial charge is 0.447 e. The number of hydrogen-bond acceptors (Lipinski definition) is 5. The Morgan fingerprint density at radius 1 is 1.36 bits per heavy atom. The maximum atomic E-state index is 12.1. The van der Waals surface area contributed by atoms with Crippen LogP contribution in [-0.2, 0) is 20.7 Å². The van der Waals surface area contributed by atoms with Gasteiger partial charge in [0.2, 0.25) is 0 Å². The lowest BCUT2D eigenvalue weighted by Crippen LogP contribution is -2.41. The molecule has 28 heavy (non-hydrogen) atoms. The summed E-state index contributed by atoms with van der Waals surface area (Å²) in [7, 11) is 0. The maximum Gasteiger partial charge on any atom is 0.303 e. The van der Waals surface area contributed by atoms with Crippen LogP contribution in [0.4, 0.5) is 0 Å². The molecule has 1 aromatic carbocycles. The van der Waals surface area contributed by atoms with Crippen molar-refractivity contribution in [2.75, 3.05) is 6.54 Å². The van der Waals surface area contributed by atoms with Crippen molar-refractivity contribution >= 4 is 22.7 Å². The smallest absolute Gasteiger partial charge is 0.303 e. The van der Waals surface area contributed by atoms with Crippen molar-refractivity contribution in [1.29, 1.82) is 5.26 Å². The molecule has 2 aliphatic rings. The Morgan fingerprint density at radius 2 is 2.14 bits per heavy atom. The first kappa shape index (κ1) is 18.3. The minimum atomic E-state index is -0.814. The summed E-state index contributed by atoms with van der Waals surface area (Å²) in [6, 6.07) is 10.4. The summed E-state index contributed by atoms with van der Waals surface area (Å²) in [5, 5.41) is 10.7. The van der Waals surface area contributed by atoms with E-state index in [2.05, 4.69) is 28.1 Å². The summed E-state index contributed by atoms with van der Waals surface area (Å²) in [4.78, 5) is 29.2. The zero-order valence-corrected chi connectivity index (χ0v) is 16.1. The fraction of sp³-hybridized carbons (Fsp3) is 0.409. The lowest BCUT2D eigenvalue weighted by atomic mass is 9.78. The molecule has 3 heterocycles. The van der Waals surface area contributed by atoms with Gasteiger partial charge in [-0.3, -0.25) is 9.59 Å². The van der Waals surface area contributed by atoms with Gasteiger partial charge in [-0.15, -0.1) is 0 Å². The second kappa shape index (κ2) is 7.16. The van der Waals surface area contributed by atoms with E-state index < -0.39 is 12.1 Å². The van der Waals surface area contributed by atoms with E-state index in [9.17, 15) is 14.9 Å². The van der Waals surface area contributed by atoms with Crippen molar-refractivity contribution in [3.8, 4) is 6.07 Å². The van der Waals surface area contributed by atoms with Gasteiger partial charge in [-0.1, -0.05) is 18.2 Å². The van der Waals surface area contributed by atoms with Crippen LogP contribution in [0.1, 0.15) is 44.0 Å². The number of esters is 1. The average molecular weight is 377 g/mol. The normalized spacial score (nSPS) is 21.9. The molecule has 0 amide bonds. The van der Waals surface area contributed by atoms with E-state index in [-0.39, 0.29) is 17.7 Å². The fourth-order valence-electron chi connectivity index (χ4n) is 4.64. The summed E-state index contributed by atoms with van der Waals surface area (Å²) in [5.41, 5.74) is 4.32. The second-order valence-electron chi connectivity index (χ2n) is 7.63. The number of aromatic nitrogens is 1. The highest BCUT2D eigenvalue weighted by Crippen LogP contribution is 2.45. The molecule has 3 atom stereocenters. The van der Waals surface area contributed by atoms with Crippen LogP contribution in [0.2, 0.25) is 0 Å². The molecule has 0 bridgehead atoms. The van der Waals surface area contributed by atoms with Crippen LogP contribution in [0.15, 0.2) is 36.0 Å². The molecular formula is C22H23N3O3. The van der Waals surface area contributed by atoms with Crippen LogP contribution < -0.4 is 0 Å². The van der Waals surface area contributed by atoms with Crippen molar-refractivity contribution in [3.63, 3.8) is 0 Å². The van der Waals surface area contributed by atoms with Gasteiger partial charge in [-0.05, 0) is 37.3 Å². The van der Waals surface area contributed by atoms with E-state index in [1.165, 1.54) is 17.9 Å². The lowest BCUT2D eigenvalue weighted by molar-refractivity contribution is -0.144. The second-order valence-corrected chi connectivity index (χ2v) is 7.63. The number of benzene rings is 1. The number of fused-ring (bicyclic) bond motifs is 5. The van der Waals surface area contributed by atoms with Gasteiger partial charge in [-0.25, -0.2) is 0 Å². The first-order valence-electron chi connectivity index (χ1n) is 9.61. The zero-order chi connectivity index (χ0) is 19.8. The Kier molecular flexibility index (Phi) is 4.68. The monoisotopic (exact) mass is 377 g/mol. The molecule has 0 saturated carbocycles. The first-order chi connectivity index (χ1) is 13.5. The predicted octanol–water partition coefficient (Wildman–Crippen LogP) is 3.41. The number of aromatic amines is 1. The molecule has 144 valence electrons.